The molecule has 0 aromatic heterocycles. The summed E-state index contributed by atoms with van der Waals surface area (Å²) in [6, 6.07) is 18.7. The second-order valence-electron chi connectivity index (χ2n) is 12.8. The van der Waals surface area contributed by atoms with Gasteiger partial charge in [-0.05, 0) is 108 Å². The van der Waals surface area contributed by atoms with Crippen LogP contribution in [0.3, 0.4) is 0 Å². The Bertz CT molecular complexity index is 1600. The fourth-order valence-electron chi connectivity index (χ4n) is 6.77. The second-order valence-corrected chi connectivity index (χ2v) is 12.8. The Morgan fingerprint density at radius 2 is 1.73 bits per heavy atom. The van der Waals surface area contributed by atoms with Crippen LogP contribution in [0.25, 0.3) is 29.5 Å². The number of anilines is 1. The van der Waals surface area contributed by atoms with E-state index in [0.717, 1.165) is 86.5 Å². The van der Waals surface area contributed by atoms with Crippen molar-refractivity contribution < 1.29 is 9.53 Å². The predicted octanol–water partition coefficient (Wildman–Crippen LogP) is 9.62. The molecular weight excluding hydrogens is 538 g/mol. The Balaban J connectivity index is 1.26. The van der Waals surface area contributed by atoms with Gasteiger partial charge >= 0.3 is 0 Å². The zero-order chi connectivity index (χ0) is 30.9. The second kappa shape index (κ2) is 15.2. The first-order valence-corrected chi connectivity index (χ1v) is 16.8. The summed E-state index contributed by atoms with van der Waals surface area (Å²) in [7, 11) is 0. The van der Waals surface area contributed by atoms with Crippen molar-refractivity contribution in [3.63, 3.8) is 0 Å². The van der Waals surface area contributed by atoms with E-state index in [1.54, 1.807) is 0 Å². The molecule has 0 amide bonds. The molecule has 3 aromatic rings. The molecule has 0 heterocycles. The quantitative estimate of drug-likeness (QED) is 0.169. The van der Waals surface area contributed by atoms with Gasteiger partial charge in [-0.3, -0.25) is 4.79 Å². The lowest BCUT2D eigenvalue weighted by molar-refractivity contribution is 0.0978. The molecule has 230 valence electrons. The minimum absolute atomic E-state index is 0.262. The van der Waals surface area contributed by atoms with Crippen molar-refractivity contribution in [1.82, 2.24) is 0 Å². The van der Waals surface area contributed by atoms with Crippen molar-refractivity contribution >= 4 is 29.8 Å². The molecule has 3 nitrogen and oxygen atoms in total. The van der Waals surface area contributed by atoms with Crippen LogP contribution in [-0.2, 0) is 0 Å². The number of fused-ring (bicyclic) bond motifs is 1. The number of ether oxygens (including phenoxy) is 1. The van der Waals surface area contributed by atoms with Gasteiger partial charge in [0.05, 0.1) is 6.61 Å². The van der Waals surface area contributed by atoms with Crippen molar-refractivity contribution in [3.05, 3.63) is 100.0 Å². The summed E-state index contributed by atoms with van der Waals surface area (Å²) in [6.07, 6.45) is 20.5. The molecule has 0 saturated heterocycles. The van der Waals surface area contributed by atoms with Crippen LogP contribution in [0.15, 0.2) is 72.8 Å². The minimum Gasteiger partial charge on any atom is -0.494 e. The highest BCUT2D eigenvalue weighted by Gasteiger charge is 2.18. The number of rotatable bonds is 12. The molecule has 0 bridgehead atoms. The number of unbranched alkanes of at least 4 members (excludes halogenated alkanes) is 2. The average molecular weight is 588 g/mol. The summed E-state index contributed by atoms with van der Waals surface area (Å²) in [5, 5.41) is 5.80. The Hall–Kier alpha value is -3.85. The van der Waals surface area contributed by atoms with Crippen molar-refractivity contribution in [2.45, 2.75) is 85.0 Å². The predicted molar refractivity (Wildman–Crippen MR) is 187 cm³/mol. The summed E-state index contributed by atoms with van der Waals surface area (Å²) in [4.78, 5) is 13.1. The summed E-state index contributed by atoms with van der Waals surface area (Å²) in [5.41, 5.74) is 7.28. The lowest BCUT2D eigenvalue weighted by Crippen LogP contribution is -2.20. The van der Waals surface area contributed by atoms with Gasteiger partial charge < -0.3 is 10.1 Å². The molecular formula is C41H49NO2. The minimum atomic E-state index is 0.262. The third-order valence-corrected chi connectivity index (χ3v) is 9.32. The number of aryl methyl sites for hydroxylation is 1. The van der Waals surface area contributed by atoms with E-state index in [2.05, 4.69) is 80.4 Å². The van der Waals surface area contributed by atoms with E-state index in [-0.39, 0.29) is 5.78 Å². The van der Waals surface area contributed by atoms with Crippen LogP contribution in [0.1, 0.15) is 99.5 Å². The summed E-state index contributed by atoms with van der Waals surface area (Å²) >= 11 is 0. The molecule has 44 heavy (non-hydrogen) atoms. The van der Waals surface area contributed by atoms with E-state index in [9.17, 15) is 4.79 Å². The van der Waals surface area contributed by atoms with Gasteiger partial charge in [0.15, 0.2) is 5.78 Å². The summed E-state index contributed by atoms with van der Waals surface area (Å²) in [6.45, 7) is 11.4. The first kappa shape index (κ1) is 31.6. The summed E-state index contributed by atoms with van der Waals surface area (Å²) < 4.78 is 5.67. The number of nitrogens with one attached hydrogen (secondary N) is 1. The molecule has 0 aliphatic heterocycles. The van der Waals surface area contributed by atoms with Gasteiger partial charge in [0.2, 0.25) is 0 Å². The molecule has 1 N–H and O–H groups in total. The largest absolute Gasteiger partial charge is 0.494 e. The van der Waals surface area contributed by atoms with Crippen molar-refractivity contribution in [2.24, 2.45) is 11.8 Å². The van der Waals surface area contributed by atoms with E-state index in [0.29, 0.717) is 13.0 Å². The van der Waals surface area contributed by atoms with Crippen LogP contribution in [0.4, 0.5) is 5.69 Å². The molecule has 2 aliphatic rings. The van der Waals surface area contributed by atoms with Gasteiger partial charge in [-0.1, -0.05) is 94.9 Å². The van der Waals surface area contributed by atoms with Crippen molar-refractivity contribution in [1.29, 1.82) is 0 Å². The monoisotopic (exact) mass is 587 g/mol. The van der Waals surface area contributed by atoms with Crippen LogP contribution >= 0.6 is 0 Å². The SMILES string of the molecule is C=c1cc2/c(c(-c3ccc(OCC)cc3)c1)=C\C=C/C/C=C/2Nc1ccc(C(=O)CCCCCC2CCC(C)CC2)c(C)c1. The van der Waals surface area contributed by atoms with Crippen molar-refractivity contribution in [2.75, 3.05) is 11.9 Å². The highest BCUT2D eigenvalue weighted by molar-refractivity contribution is 5.98. The lowest BCUT2D eigenvalue weighted by Gasteiger charge is -2.25. The summed E-state index contributed by atoms with van der Waals surface area (Å²) in [5.74, 6) is 2.96. The first-order chi connectivity index (χ1) is 21.4. The van der Waals surface area contributed by atoms with E-state index in [4.69, 9.17) is 4.74 Å². The fraction of sp³-hybridized carbons (Fsp3) is 0.390. The maximum Gasteiger partial charge on any atom is 0.163 e. The molecule has 1 saturated carbocycles. The van der Waals surface area contributed by atoms with Crippen molar-refractivity contribution in [3.8, 4) is 16.9 Å². The smallest absolute Gasteiger partial charge is 0.163 e. The van der Waals surface area contributed by atoms with E-state index >= 15 is 0 Å². The van der Waals surface area contributed by atoms with Crippen LogP contribution < -0.4 is 20.5 Å². The maximum absolute atomic E-state index is 13.1. The van der Waals surface area contributed by atoms with Gasteiger partial charge in [-0.15, -0.1) is 0 Å². The fourth-order valence-corrected chi connectivity index (χ4v) is 6.77. The Morgan fingerprint density at radius 3 is 2.48 bits per heavy atom. The Labute approximate surface area is 264 Å². The van der Waals surface area contributed by atoms with E-state index in [1.165, 1.54) is 38.5 Å². The number of benzene rings is 3. The van der Waals surface area contributed by atoms with Crippen LogP contribution in [0.2, 0.25) is 0 Å². The van der Waals surface area contributed by atoms with Crippen LogP contribution in [0.5, 0.6) is 5.75 Å². The van der Waals surface area contributed by atoms with Gasteiger partial charge in [0, 0.05) is 28.9 Å². The number of hydrogen-bond donors (Lipinski definition) is 1. The Kier molecular flexibility index (Phi) is 10.9. The number of ketones is 1. The van der Waals surface area contributed by atoms with Gasteiger partial charge in [0.25, 0.3) is 0 Å². The van der Waals surface area contributed by atoms with Gasteiger partial charge in [-0.2, -0.15) is 0 Å². The molecule has 0 atom stereocenters. The Morgan fingerprint density at radius 1 is 0.955 bits per heavy atom. The standard InChI is InChI=1S/C41H49NO2/c1-5-44-35-23-20-33(21-24-35)38-26-30(3)27-39-37(38)13-9-7-10-14-40(39)42-34-22-25-36(31(4)28-34)41(43)15-11-6-8-12-32-18-16-29(2)17-19-32/h7,9,13-14,20-29,32,42H,3,5-6,8,10-12,15-19H2,1-2,4H3/b9-7-,37-13-,40-14-. The zero-order valence-electron chi connectivity index (χ0n) is 27.0. The molecule has 0 radical (unpaired) electrons. The topological polar surface area (TPSA) is 38.3 Å². The maximum atomic E-state index is 13.1. The molecule has 2 aliphatic carbocycles. The average Bonchev–Trinajstić information content (AvgIpc) is 3.01. The number of carbonyl (C=O) groups excluding carboxylic acids is 1. The van der Waals surface area contributed by atoms with Crippen LogP contribution in [-0.4, -0.2) is 12.4 Å². The number of allylic oxidation sites excluding steroid dienone is 3. The molecule has 1 fully saturated rings. The lowest BCUT2D eigenvalue weighted by atomic mass is 9.80. The highest BCUT2D eigenvalue weighted by atomic mass is 16.5. The molecule has 3 aromatic carbocycles. The van der Waals surface area contributed by atoms with Crippen LogP contribution in [0, 0.1) is 18.8 Å². The first-order valence-electron chi connectivity index (χ1n) is 16.8. The third-order valence-electron chi connectivity index (χ3n) is 9.32. The zero-order valence-corrected chi connectivity index (χ0v) is 27.0. The molecule has 0 spiro atoms. The van der Waals surface area contributed by atoms with E-state index < -0.39 is 0 Å². The number of hydrogen-bond acceptors (Lipinski definition) is 3. The highest BCUT2D eigenvalue weighted by Crippen LogP contribution is 2.32. The number of Topliss-reactive ketones (excluding diaryl/α,β-unsaturated/α-hetero) is 1. The normalized spacial score (nSPS) is 20.6. The van der Waals surface area contributed by atoms with Gasteiger partial charge in [-0.25, -0.2) is 0 Å². The van der Waals surface area contributed by atoms with Gasteiger partial charge in [0.1, 0.15) is 5.75 Å². The molecule has 5 rings (SSSR count). The molecule has 3 heteroatoms. The third kappa shape index (κ3) is 8.20. The molecule has 0 unspecified atom stereocenters. The van der Waals surface area contributed by atoms with E-state index in [1.807, 2.05) is 31.2 Å². The number of carbonyl (C=O) groups is 1.